The van der Waals surface area contributed by atoms with Crippen molar-refractivity contribution in [3.63, 3.8) is 0 Å². The zero-order chi connectivity index (χ0) is 25.1. The summed E-state index contributed by atoms with van der Waals surface area (Å²) in [6.07, 6.45) is 0. The molecule has 0 bridgehead atoms. The molecule has 4 rings (SSSR count). The van der Waals surface area contributed by atoms with Gasteiger partial charge in [0.1, 0.15) is 17.2 Å². The van der Waals surface area contributed by atoms with E-state index in [1.807, 2.05) is 73.0 Å². The Kier molecular flexibility index (Phi) is 7.02. The van der Waals surface area contributed by atoms with Crippen LogP contribution in [0.25, 0.3) is 5.69 Å². The molecule has 9 nitrogen and oxygen atoms in total. The van der Waals surface area contributed by atoms with Crippen LogP contribution in [0.2, 0.25) is 0 Å². The lowest BCUT2D eigenvalue weighted by Gasteiger charge is -2.16. The van der Waals surface area contributed by atoms with Gasteiger partial charge in [-0.3, -0.25) is 23.3 Å². The van der Waals surface area contributed by atoms with Crippen molar-refractivity contribution >= 4 is 23.4 Å². The lowest BCUT2D eigenvalue weighted by molar-refractivity contribution is 0.102. The van der Waals surface area contributed by atoms with Crippen LogP contribution in [0, 0.1) is 13.8 Å². The lowest BCUT2D eigenvalue weighted by atomic mass is 10.2. The highest BCUT2D eigenvalue weighted by Gasteiger charge is 2.23. The highest BCUT2D eigenvalue weighted by atomic mass is 32.2. The van der Waals surface area contributed by atoms with Crippen LogP contribution < -0.4 is 17.0 Å². The van der Waals surface area contributed by atoms with E-state index in [9.17, 15) is 14.4 Å². The number of ketones is 1. The summed E-state index contributed by atoms with van der Waals surface area (Å²) >= 11 is 1.17. The maximum absolute atomic E-state index is 13.3. The summed E-state index contributed by atoms with van der Waals surface area (Å²) < 4.78 is 4.17. The molecule has 10 heteroatoms. The van der Waals surface area contributed by atoms with E-state index in [2.05, 4.69) is 10.2 Å². The van der Waals surface area contributed by atoms with Gasteiger partial charge in [-0.25, -0.2) is 4.79 Å². The Morgan fingerprint density at radius 3 is 2.43 bits per heavy atom. The van der Waals surface area contributed by atoms with Crippen LogP contribution in [0.1, 0.15) is 34.2 Å². The smallest absolute Gasteiger partial charge is 0.332 e. The molecule has 0 aliphatic carbocycles. The first-order valence-corrected chi connectivity index (χ1v) is 12.1. The minimum absolute atomic E-state index is 0.0867. The van der Waals surface area contributed by atoms with Crippen LogP contribution in [-0.4, -0.2) is 35.4 Å². The number of aromatic nitrogens is 5. The van der Waals surface area contributed by atoms with E-state index in [0.717, 1.165) is 21.4 Å². The Hall–Kier alpha value is -3.92. The Morgan fingerprint density at radius 1 is 1.00 bits per heavy atom. The second-order valence-corrected chi connectivity index (χ2v) is 9.02. The van der Waals surface area contributed by atoms with Gasteiger partial charge in [-0.1, -0.05) is 54.2 Å². The molecule has 180 valence electrons. The first kappa shape index (κ1) is 24.2. The van der Waals surface area contributed by atoms with E-state index >= 15 is 0 Å². The second kappa shape index (κ2) is 10.1. The third-order valence-electron chi connectivity index (χ3n) is 5.63. The number of aryl methyl sites for hydroxylation is 2. The molecule has 0 spiro atoms. The number of nitrogens with zero attached hydrogens (tertiary/aromatic N) is 5. The number of carbonyl (C=O) groups excluding carboxylic acids is 1. The van der Waals surface area contributed by atoms with Gasteiger partial charge in [-0.2, -0.15) is 0 Å². The molecular formula is C25H26N6O3S. The molecule has 0 saturated carbocycles. The first-order chi connectivity index (χ1) is 16.8. The molecule has 0 radical (unpaired) electrons. The third kappa shape index (κ3) is 4.83. The molecule has 35 heavy (non-hydrogen) atoms. The summed E-state index contributed by atoms with van der Waals surface area (Å²) in [7, 11) is 0. The van der Waals surface area contributed by atoms with Gasteiger partial charge in [0.05, 0.1) is 12.3 Å². The Morgan fingerprint density at radius 2 is 1.74 bits per heavy atom. The number of hydrogen-bond acceptors (Lipinski definition) is 7. The van der Waals surface area contributed by atoms with E-state index in [1.165, 1.54) is 16.3 Å². The summed E-state index contributed by atoms with van der Waals surface area (Å²) in [5.41, 5.74) is 7.64. The standard InChI is InChI=1S/C25H26N6O3S/c1-4-29-23(33)21(22(26)30(25(29)34)14-18-10-6-5-7-11-18)20(32)15-35-24-28-27-17(3)31(24)19-12-8-9-16(2)13-19/h5-13H,4,14-15,26H2,1-3H3. The summed E-state index contributed by atoms with van der Waals surface area (Å²) in [5.74, 6) is -0.0142. The number of carbonyl (C=O) groups is 1. The van der Waals surface area contributed by atoms with Crippen molar-refractivity contribution in [2.75, 3.05) is 11.5 Å². The number of Topliss-reactive ketones (excluding diaryl/α,β-unsaturated/α-hetero) is 1. The minimum atomic E-state index is -0.679. The normalized spacial score (nSPS) is 11.1. The molecule has 0 fully saturated rings. The van der Waals surface area contributed by atoms with Gasteiger partial charge in [0.2, 0.25) is 0 Å². The number of anilines is 1. The van der Waals surface area contributed by atoms with Crippen molar-refractivity contribution in [3.8, 4) is 5.69 Å². The van der Waals surface area contributed by atoms with Crippen LogP contribution >= 0.6 is 11.8 Å². The van der Waals surface area contributed by atoms with E-state index in [4.69, 9.17) is 5.73 Å². The Labute approximate surface area is 206 Å². The molecule has 2 aromatic heterocycles. The number of nitrogen functional groups attached to an aromatic ring is 1. The van der Waals surface area contributed by atoms with Gasteiger partial charge >= 0.3 is 5.69 Å². The maximum Gasteiger partial charge on any atom is 0.332 e. The van der Waals surface area contributed by atoms with Crippen LogP contribution in [0.15, 0.2) is 69.3 Å². The Bertz CT molecular complexity index is 1500. The number of rotatable bonds is 8. The summed E-state index contributed by atoms with van der Waals surface area (Å²) in [4.78, 5) is 39.2. The van der Waals surface area contributed by atoms with Crippen molar-refractivity contribution in [2.45, 2.75) is 39.0 Å². The van der Waals surface area contributed by atoms with Gasteiger partial charge in [0.25, 0.3) is 5.56 Å². The van der Waals surface area contributed by atoms with Crippen LogP contribution in [0.5, 0.6) is 0 Å². The fraction of sp³-hybridized carbons (Fsp3) is 0.240. The van der Waals surface area contributed by atoms with Crippen molar-refractivity contribution in [1.82, 2.24) is 23.9 Å². The molecular weight excluding hydrogens is 464 g/mol. The minimum Gasteiger partial charge on any atom is -0.384 e. The van der Waals surface area contributed by atoms with Gasteiger partial charge in [0, 0.05) is 12.2 Å². The SMILES string of the molecule is CCn1c(=O)c(C(=O)CSc2nnc(C)n2-c2cccc(C)c2)c(N)n(Cc2ccccc2)c1=O. The van der Waals surface area contributed by atoms with E-state index in [1.54, 1.807) is 6.92 Å². The maximum atomic E-state index is 13.3. The molecule has 0 aliphatic heterocycles. The molecule has 0 unspecified atom stereocenters. The fourth-order valence-corrected chi connectivity index (χ4v) is 4.75. The number of benzene rings is 2. The van der Waals surface area contributed by atoms with Crippen LogP contribution in [0.3, 0.4) is 0 Å². The highest BCUT2D eigenvalue weighted by molar-refractivity contribution is 7.99. The van der Waals surface area contributed by atoms with Crippen molar-refractivity contribution in [2.24, 2.45) is 0 Å². The third-order valence-corrected chi connectivity index (χ3v) is 6.56. The molecule has 0 atom stereocenters. The average Bonchev–Trinajstić information content (AvgIpc) is 3.21. The summed E-state index contributed by atoms with van der Waals surface area (Å²) in [5, 5.41) is 8.88. The molecule has 2 aromatic carbocycles. The largest absolute Gasteiger partial charge is 0.384 e. The van der Waals surface area contributed by atoms with Crippen LogP contribution in [-0.2, 0) is 13.1 Å². The zero-order valence-corrected chi connectivity index (χ0v) is 20.6. The lowest BCUT2D eigenvalue weighted by Crippen LogP contribution is -2.44. The fourth-order valence-electron chi connectivity index (χ4n) is 3.88. The van der Waals surface area contributed by atoms with Crippen LogP contribution in [0.4, 0.5) is 5.82 Å². The average molecular weight is 491 g/mol. The van der Waals surface area contributed by atoms with Gasteiger partial charge in [0.15, 0.2) is 10.9 Å². The zero-order valence-electron chi connectivity index (χ0n) is 19.8. The predicted octanol–water partition coefficient (Wildman–Crippen LogP) is 2.83. The monoisotopic (exact) mass is 490 g/mol. The van der Waals surface area contributed by atoms with Gasteiger partial charge in [-0.15, -0.1) is 10.2 Å². The number of nitrogens with two attached hydrogens (primary N) is 1. The van der Waals surface area contributed by atoms with Crippen molar-refractivity contribution in [3.05, 3.63) is 98.0 Å². The van der Waals surface area contributed by atoms with Crippen molar-refractivity contribution in [1.29, 1.82) is 0 Å². The Balaban J connectivity index is 1.68. The molecule has 0 aliphatic rings. The molecule has 0 saturated heterocycles. The second-order valence-electron chi connectivity index (χ2n) is 8.08. The number of hydrogen-bond donors (Lipinski definition) is 1. The molecule has 2 heterocycles. The quantitative estimate of drug-likeness (QED) is 0.298. The van der Waals surface area contributed by atoms with E-state index in [0.29, 0.717) is 11.0 Å². The van der Waals surface area contributed by atoms with Gasteiger partial charge in [-0.05, 0) is 44.0 Å². The highest BCUT2D eigenvalue weighted by Crippen LogP contribution is 2.23. The summed E-state index contributed by atoms with van der Waals surface area (Å²) in [6, 6.07) is 17.1. The van der Waals surface area contributed by atoms with Gasteiger partial charge < -0.3 is 5.73 Å². The van der Waals surface area contributed by atoms with Crippen molar-refractivity contribution < 1.29 is 4.79 Å². The topological polar surface area (TPSA) is 118 Å². The van der Waals surface area contributed by atoms with E-state index < -0.39 is 17.0 Å². The number of thioether (sulfide) groups is 1. The molecule has 4 aromatic rings. The van der Waals surface area contributed by atoms with E-state index in [-0.39, 0.29) is 30.2 Å². The molecule has 0 amide bonds. The first-order valence-electron chi connectivity index (χ1n) is 11.1. The summed E-state index contributed by atoms with van der Waals surface area (Å²) in [6.45, 7) is 5.78. The predicted molar refractivity (Wildman–Crippen MR) is 136 cm³/mol. The molecule has 2 N–H and O–H groups in total.